The van der Waals surface area contributed by atoms with Crippen molar-refractivity contribution in [2.45, 2.75) is 26.3 Å². The third-order valence-electron chi connectivity index (χ3n) is 2.24. The summed E-state index contributed by atoms with van der Waals surface area (Å²) in [5.41, 5.74) is 0.546. The molecule has 7 nitrogen and oxygen atoms in total. The van der Waals surface area contributed by atoms with Gasteiger partial charge >= 0.3 is 5.97 Å². The number of aromatic amines is 1. The number of rotatable bonds is 4. The first-order chi connectivity index (χ1) is 7.93. The predicted molar refractivity (Wildman–Crippen MR) is 56.9 cm³/mol. The number of carbonyl (C=O) groups excluding carboxylic acids is 2. The van der Waals surface area contributed by atoms with Gasteiger partial charge in [0.2, 0.25) is 11.8 Å². The van der Waals surface area contributed by atoms with Gasteiger partial charge in [0.05, 0.1) is 6.33 Å². The fourth-order valence-electron chi connectivity index (χ4n) is 1.55. The average molecular weight is 239 g/mol. The van der Waals surface area contributed by atoms with E-state index in [0.29, 0.717) is 5.69 Å². The van der Waals surface area contributed by atoms with Crippen LogP contribution in [0, 0.1) is 0 Å². The molecule has 2 amide bonds. The van der Waals surface area contributed by atoms with Gasteiger partial charge in [-0.25, -0.2) is 9.78 Å². The Bertz CT molecular complexity index is 413. The van der Waals surface area contributed by atoms with Crippen molar-refractivity contribution in [1.82, 2.24) is 14.9 Å². The largest absolute Gasteiger partial charge is 0.480 e. The molecule has 0 aromatic carbocycles. The molecule has 0 unspecified atom stereocenters. The van der Waals surface area contributed by atoms with Crippen LogP contribution in [0.4, 0.5) is 0 Å². The predicted octanol–water partition coefficient (Wildman–Crippen LogP) is -0.200. The zero-order valence-electron chi connectivity index (χ0n) is 9.51. The second kappa shape index (κ2) is 5.24. The molecule has 0 bridgehead atoms. The van der Waals surface area contributed by atoms with Crippen molar-refractivity contribution in [3.63, 3.8) is 0 Å². The van der Waals surface area contributed by atoms with Crippen LogP contribution in [-0.4, -0.2) is 43.8 Å². The molecule has 0 radical (unpaired) electrons. The molecule has 7 heteroatoms. The van der Waals surface area contributed by atoms with Crippen LogP contribution in [0.5, 0.6) is 0 Å². The van der Waals surface area contributed by atoms with Crippen LogP contribution in [0.1, 0.15) is 19.5 Å². The highest BCUT2D eigenvalue weighted by molar-refractivity contribution is 5.97. The molecule has 1 aromatic rings. The Kier molecular flexibility index (Phi) is 3.97. The van der Waals surface area contributed by atoms with Gasteiger partial charge in [-0.3, -0.25) is 14.5 Å². The van der Waals surface area contributed by atoms with Gasteiger partial charge in [-0.2, -0.15) is 0 Å². The maximum absolute atomic E-state index is 11.3. The molecule has 0 aliphatic rings. The van der Waals surface area contributed by atoms with Gasteiger partial charge < -0.3 is 10.1 Å². The van der Waals surface area contributed by atoms with E-state index in [9.17, 15) is 14.4 Å². The third-order valence-corrected chi connectivity index (χ3v) is 2.24. The molecule has 1 heterocycles. The first kappa shape index (κ1) is 12.9. The quantitative estimate of drug-likeness (QED) is 0.757. The number of nitrogens with one attached hydrogen (secondary N) is 1. The van der Waals surface area contributed by atoms with Gasteiger partial charge in [0.15, 0.2) is 0 Å². The molecule has 17 heavy (non-hydrogen) atoms. The highest BCUT2D eigenvalue weighted by Crippen LogP contribution is 2.08. The summed E-state index contributed by atoms with van der Waals surface area (Å²) in [4.78, 5) is 40.9. The molecule has 92 valence electrons. The summed E-state index contributed by atoms with van der Waals surface area (Å²) in [6.07, 6.45) is 2.86. The monoisotopic (exact) mass is 239 g/mol. The lowest BCUT2D eigenvalue weighted by Gasteiger charge is -2.24. The molecule has 1 atom stereocenters. The number of aliphatic carboxylic acids is 1. The van der Waals surface area contributed by atoms with Crippen LogP contribution in [0.15, 0.2) is 12.5 Å². The number of carboxylic acid groups (broad SMARTS) is 1. The van der Waals surface area contributed by atoms with Gasteiger partial charge in [0.25, 0.3) is 0 Å². The molecule has 0 spiro atoms. The van der Waals surface area contributed by atoms with E-state index in [2.05, 4.69) is 9.97 Å². The minimum atomic E-state index is -1.23. The summed E-state index contributed by atoms with van der Waals surface area (Å²) in [7, 11) is 0. The van der Waals surface area contributed by atoms with E-state index in [4.69, 9.17) is 5.11 Å². The van der Waals surface area contributed by atoms with Crippen LogP contribution in [0.25, 0.3) is 0 Å². The van der Waals surface area contributed by atoms with E-state index >= 15 is 0 Å². The Morgan fingerprint density at radius 2 is 2.00 bits per heavy atom. The zero-order valence-corrected chi connectivity index (χ0v) is 9.51. The van der Waals surface area contributed by atoms with Crippen LogP contribution in [0.2, 0.25) is 0 Å². The second-order valence-electron chi connectivity index (χ2n) is 3.54. The van der Waals surface area contributed by atoms with Gasteiger partial charge in [-0.05, 0) is 0 Å². The number of carboxylic acids is 1. The highest BCUT2D eigenvalue weighted by atomic mass is 16.4. The van der Waals surface area contributed by atoms with Crippen molar-refractivity contribution in [3.8, 4) is 0 Å². The average Bonchev–Trinajstić information content (AvgIpc) is 2.67. The number of aromatic nitrogens is 2. The van der Waals surface area contributed by atoms with Gasteiger partial charge in [-0.1, -0.05) is 0 Å². The Labute approximate surface area is 97.5 Å². The van der Waals surface area contributed by atoms with Crippen molar-refractivity contribution in [2.24, 2.45) is 0 Å². The lowest BCUT2D eigenvalue weighted by molar-refractivity contribution is -0.156. The standard InChI is InChI=1S/C10H13N3O4/c1-6(14)13(7(2)15)9(10(16)17)3-8-4-11-5-12-8/h4-5,9H,3H2,1-2H3,(H,11,12)(H,16,17)/t9-/m0/s1. The Morgan fingerprint density at radius 3 is 2.35 bits per heavy atom. The second-order valence-corrected chi connectivity index (χ2v) is 3.54. The summed E-state index contributed by atoms with van der Waals surface area (Å²) >= 11 is 0. The van der Waals surface area contributed by atoms with Crippen LogP contribution in [0.3, 0.4) is 0 Å². The molecular formula is C10H13N3O4. The topological polar surface area (TPSA) is 103 Å². The van der Waals surface area contributed by atoms with Crippen molar-refractivity contribution in [2.75, 3.05) is 0 Å². The third kappa shape index (κ3) is 3.13. The Hall–Kier alpha value is -2.18. The number of nitrogens with zero attached hydrogens (tertiary/aromatic N) is 2. The van der Waals surface area contributed by atoms with Gasteiger partial charge in [-0.15, -0.1) is 0 Å². The number of hydrogen-bond donors (Lipinski definition) is 2. The van der Waals surface area contributed by atoms with Crippen molar-refractivity contribution >= 4 is 17.8 Å². The van der Waals surface area contributed by atoms with E-state index in [1.807, 2.05) is 0 Å². The first-order valence-corrected chi connectivity index (χ1v) is 4.94. The first-order valence-electron chi connectivity index (χ1n) is 4.94. The number of H-pyrrole nitrogens is 1. The molecule has 0 aliphatic heterocycles. The molecule has 0 fully saturated rings. The van der Waals surface area contributed by atoms with Crippen molar-refractivity contribution in [3.05, 3.63) is 18.2 Å². The molecular weight excluding hydrogens is 226 g/mol. The number of carbonyl (C=O) groups is 3. The highest BCUT2D eigenvalue weighted by Gasteiger charge is 2.31. The molecule has 0 saturated heterocycles. The van der Waals surface area contributed by atoms with Gasteiger partial charge in [0.1, 0.15) is 6.04 Å². The molecule has 0 saturated carbocycles. The van der Waals surface area contributed by atoms with E-state index in [-0.39, 0.29) is 6.42 Å². The minimum absolute atomic E-state index is 0.00843. The summed E-state index contributed by atoms with van der Waals surface area (Å²) in [6.45, 7) is 2.31. The SMILES string of the molecule is CC(=O)N(C(C)=O)[C@@H](Cc1cnc[nH]1)C(=O)O. The molecule has 1 aromatic heterocycles. The van der Waals surface area contributed by atoms with Crippen molar-refractivity contribution < 1.29 is 19.5 Å². The zero-order chi connectivity index (χ0) is 13.0. The van der Waals surface area contributed by atoms with Gasteiger partial charge in [0, 0.05) is 32.2 Å². The van der Waals surface area contributed by atoms with Crippen molar-refractivity contribution in [1.29, 1.82) is 0 Å². The number of amides is 2. The van der Waals surface area contributed by atoms with Crippen LogP contribution in [-0.2, 0) is 20.8 Å². The lowest BCUT2D eigenvalue weighted by Crippen LogP contribution is -2.48. The summed E-state index contributed by atoms with van der Waals surface area (Å²) in [6, 6.07) is -1.22. The van der Waals surface area contributed by atoms with Crippen LogP contribution >= 0.6 is 0 Å². The maximum Gasteiger partial charge on any atom is 0.327 e. The lowest BCUT2D eigenvalue weighted by atomic mass is 10.1. The Balaban J connectivity index is 2.95. The fourth-order valence-corrected chi connectivity index (χ4v) is 1.55. The molecule has 0 aliphatic carbocycles. The number of hydrogen-bond acceptors (Lipinski definition) is 4. The maximum atomic E-state index is 11.3. The fraction of sp³-hybridized carbons (Fsp3) is 0.400. The number of imidazole rings is 1. The summed E-state index contributed by atoms with van der Waals surface area (Å²) in [5.74, 6) is -2.42. The number of imide groups is 1. The molecule has 2 N–H and O–H groups in total. The van der Waals surface area contributed by atoms with E-state index < -0.39 is 23.8 Å². The molecule has 1 rings (SSSR count). The normalized spacial score (nSPS) is 11.9. The minimum Gasteiger partial charge on any atom is -0.480 e. The van der Waals surface area contributed by atoms with E-state index in [0.717, 1.165) is 18.7 Å². The Morgan fingerprint density at radius 1 is 1.41 bits per heavy atom. The summed E-state index contributed by atoms with van der Waals surface area (Å²) in [5, 5.41) is 9.06. The van der Waals surface area contributed by atoms with Crippen LogP contribution < -0.4 is 0 Å². The van der Waals surface area contributed by atoms with E-state index in [1.165, 1.54) is 12.5 Å². The summed E-state index contributed by atoms with van der Waals surface area (Å²) < 4.78 is 0. The smallest absolute Gasteiger partial charge is 0.327 e. The van der Waals surface area contributed by atoms with E-state index in [1.54, 1.807) is 0 Å².